The summed E-state index contributed by atoms with van der Waals surface area (Å²) in [5.41, 5.74) is 7.92. The molecule has 0 aliphatic carbocycles. The molecule has 1 aromatic carbocycles. The third-order valence-corrected chi connectivity index (χ3v) is 11.2. The lowest BCUT2D eigenvalue weighted by Gasteiger charge is -2.43. The summed E-state index contributed by atoms with van der Waals surface area (Å²) in [6.45, 7) is 3.77. The first-order valence-electron chi connectivity index (χ1n) is 16.3. The minimum atomic E-state index is -1.13. The number of nitrogens with zero attached hydrogens (tertiary/aromatic N) is 6. The van der Waals surface area contributed by atoms with Gasteiger partial charge in [-0.15, -0.1) is 11.3 Å². The van der Waals surface area contributed by atoms with Crippen LogP contribution in [0, 0.1) is 12.8 Å². The van der Waals surface area contributed by atoms with E-state index in [1.165, 1.54) is 22.2 Å². The Morgan fingerprint density at radius 2 is 1.81 bits per heavy atom. The average molecular weight is 666 g/mol. The molecular formula is C36H39N7O4S. The second-order valence-electron chi connectivity index (χ2n) is 13.1. The number of pyridine rings is 1. The molecule has 7 rings (SSSR count). The van der Waals surface area contributed by atoms with Crippen LogP contribution in [0.2, 0.25) is 0 Å². The van der Waals surface area contributed by atoms with Crippen molar-refractivity contribution in [3.63, 3.8) is 0 Å². The summed E-state index contributed by atoms with van der Waals surface area (Å²) in [6.07, 6.45) is 6.27. The first kappa shape index (κ1) is 31.8. The first-order chi connectivity index (χ1) is 23.1. The minimum absolute atomic E-state index is 0.0274. The maximum Gasteiger partial charge on any atom is 0.264 e. The highest BCUT2D eigenvalue weighted by Crippen LogP contribution is 2.38. The summed E-state index contributed by atoms with van der Waals surface area (Å²) in [6, 6.07) is 17.4. The third-order valence-electron chi connectivity index (χ3n) is 9.95. The molecule has 0 spiro atoms. The van der Waals surface area contributed by atoms with Crippen LogP contribution in [0.15, 0.2) is 78.1 Å². The van der Waals surface area contributed by atoms with E-state index in [2.05, 4.69) is 9.97 Å². The fourth-order valence-corrected chi connectivity index (χ4v) is 8.28. The Kier molecular flexibility index (Phi) is 8.38. The fraction of sp³-hybridized carbons (Fsp3) is 0.361. The number of piperidine rings is 2. The van der Waals surface area contributed by atoms with E-state index in [4.69, 9.17) is 5.73 Å². The Morgan fingerprint density at radius 3 is 2.54 bits per heavy atom. The zero-order valence-electron chi connectivity index (χ0n) is 27.1. The molecule has 5 aromatic rings. The van der Waals surface area contributed by atoms with E-state index in [1.54, 1.807) is 29.1 Å². The van der Waals surface area contributed by atoms with Crippen LogP contribution < -0.4 is 11.3 Å². The number of benzene rings is 1. The Balaban J connectivity index is 1.05. The summed E-state index contributed by atoms with van der Waals surface area (Å²) in [5, 5.41) is 12.0. The van der Waals surface area contributed by atoms with Crippen molar-refractivity contribution < 1.29 is 14.7 Å². The maximum atomic E-state index is 14.2. The predicted molar refractivity (Wildman–Crippen MR) is 186 cm³/mol. The first-order valence-corrected chi connectivity index (χ1v) is 17.1. The second-order valence-corrected chi connectivity index (χ2v) is 14.2. The van der Waals surface area contributed by atoms with Gasteiger partial charge in [-0.3, -0.25) is 19.0 Å². The van der Waals surface area contributed by atoms with Crippen LogP contribution >= 0.6 is 11.3 Å². The Labute approximate surface area is 282 Å². The van der Waals surface area contributed by atoms with Gasteiger partial charge in [0.2, 0.25) is 5.91 Å². The molecule has 0 saturated carbocycles. The molecule has 2 atom stereocenters. The van der Waals surface area contributed by atoms with Gasteiger partial charge in [-0.25, -0.2) is 9.97 Å². The number of thiophene rings is 1. The van der Waals surface area contributed by atoms with E-state index < -0.39 is 5.60 Å². The quantitative estimate of drug-likeness (QED) is 0.279. The smallest absolute Gasteiger partial charge is 0.264 e. The number of hydrogen-bond acceptors (Lipinski definition) is 8. The van der Waals surface area contributed by atoms with Crippen molar-refractivity contribution in [3.05, 3.63) is 99.7 Å². The van der Waals surface area contributed by atoms with Gasteiger partial charge < -0.3 is 25.2 Å². The standard InChI is InChI=1S/C36H39N7O4S/c1-23-18-29(25-8-9-30(37)38-19-25)48-31(23)35(46)42-15-11-26(28(20-42)24-6-4-3-5-7-24)33(44)41-16-12-36(47,13-17-41)21-43-22-39-32-27(34(43)45)10-14-40(32)2/h3-10,14,18-19,22,26,28,47H,11-13,15-17,20-21H2,1-2H3,(H2,37,38)/t26-,28+/m1/s1. The van der Waals surface area contributed by atoms with Crippen molar-refractivity contribution in [1.29, 1.82) is 0 Å². The van der Waals surface area contributed by atoms with Crippen molar-refractivity contribution in [2.24, 2.45) is 13.0 Å². The van der Waals surface area contributed by atoms with Crippen molar-refractivity contribution in [2.45, 2.75) is 44.2 Å². The molecular weight excluding hydrogens is 627 g/mol. The van der Waals surface area contributed by atoms with Gasteiger partial charge in [-0.2, -0.15) is 0 Å². The number of amides is 2. The average Bonchev–Trinajstić information content (AvgIpc) is 3.68. The molecule has 2 aliphatic heterocycles. The Hall–Kier alpha value is -4.81. The van der Waals surface area contributed by atoms with E-state index in [1.807, 2.05) is 66.2 Å². The van der Waals surface area contributed by atoms with Crippen LogP contribution in [0.25, 0.3) is 21.5 Å². The number of aliphatic hydroxyl groups is 1. The van der Waals surface area contributed by atoms with Gasteiger partial charge in [0.05, 0.1) is 22.4 Å². The number of likely N-dealkylation sites (tertiary alicyclic amines) is 2. The van der Waals surface area contributed by atoms with Crippen molar-refractivity contribution in [1.82, 2.24) is 28.9 Å². The predicted octanol–water partition coefficient (Wildman–Crippen LogP) is 4.05. The SMILES string of the molecule is Cc1cc(-c2ccc(N)nc2)sc1C(=O)N1CC[C@@H](C(=O)N2CCC(O)(Cn3cnc4c(ccn4C)c3=O)CC2)[C@H](c2ccccc2)C1. The number of aryl methyl sites for hydroxylation is 2. The number of anilines is 1. The molecule has 2 amide bonds. The molecule has 11 nitrogen and oxygen atoms in total. The van der Waals surface area contributed by atoms with Crippen molar-refractivity contribution in [2.75, 3.05) is 31.9 Å². The zero-order valence-corrected chi connectivity index (χ0v) is 27.9. The van der Waals surface area contributed by atoms with E-state index in [0.29, 0.717) is 67.2 Å². The number of fused-ring (bicyclic) bond motifs is 1. The summed E-state index contributed by atoms with van der Waals surface area (Å²) in [7, 11) is 1.84. The van der Waals surface area contributed by atoms with E-state index in [-0.39, 0.29) is 35.8 Å². The van der Waals surface area contributed by atoms with Crippen molar-refractivity contribution in [3.8, 4) is 10.4 Å². The molecule has 0 bridgehead atoms. The van der Waals surface area contributed by atoms with Crippen LogP contribution in [0.5, 0.6) is 0 Å². The van der Waals surface area contributed by atoms with Crippen LogP contribution in [0.4, 0.5) is 5.82 Å². The third kappa shape index (κ3) is 6.01. The molecule has 48 heavy (non-hydrogen) atoms. The summed E-state index contributed by atoms with van der Waals surface area (Å²) >= 11 is 1.45. The number of carbonyl (C=O) groups excluding carboxylic acids is 2. The van der Waals surface area contributed by atoms with E-state index in [9.17, 15) is 19.5 Å². The molecule has 6 heterocycles. The van der Waals surface area contributed by atoms with E-state index in [0.717, 1.165) is 21.6 Å². The van der Waals surface area contributed by atoms with Crippen LogP contribution in [-0.4, -0.2) is 77.6 Å². The van der Waals surface area contributed by atoms with Gasteiger partial charge in [0, 0.05) is 67.9 Å². The van der Waals surface area contributed by atoms with Crippen LogP contribution in [-0.2, 0) is 18.4 Å². The molecule has 0 radical (unpaired) electrons. The number of nitrogen functional groups attached to an aromatic ring is 1. The van der Waals surface area contributed by atoms with E-state index >= 15 is 0 Å². The summed E-state index contributed by atoms with van der Waals surface area (Å²) < 4.78 is 3.27. The molecule has 4 aromatic heterocycles. The lowest BCUT2D eigenvalue weighted by molar-refractivity contribution is -0.142. The Bertz CT molecular complexity index is 2030. The highest BCUT2D eigenvalue weighted by molar-refractivity contribution is 7.17. The molecule has 12 heteroatoms. The van der Waals surface area contributed by atoms with Gasteiger partial charge in [-0.05, 0) is 61.6 Å². The van der Waals surface area contributed by atoms with Crippen molar-refractivity contribution >= 4 is 40.0 Å². The number of rotatable bonds is 6. The lowest BCUT2D eigenvalue weighted by atomic mass is 9.79. The molecule has 2 saturated heterocycles. The molecule has 248 valence electrons. The largest absolute Gasteiger partial charge is 0.388 e. The topological polar surface area (TPSA) is 140 Å². The van der Waals surface area contributed by atoms with Gasteiger partial charge in [0.25, 0.3) is 11.5 Å². The van der Waals surface area contributed by atoms with Gasteiger partial charge in [0.15, 0.2) is 0 Å². The summed E-state index contributed by atoms with van der Waals surface area (Å²) in [5.74, 6) is 0.00747. The number of carbonyl (C=O) groups is 2. The minimum Gasteiger partial charge on any atom is -0.388 e. The molecule has 0 unspecified atom stereocenters. The number of aromatic nitrogens is 4. The fourth-order valence-electron chi connectivity index (χ4n) is 7.15. The summed E-state index contributed by atoms with van der Waals surface area (Å²) in [4.78, 5) is 55.2. The van der Waals surface area contributed by atoms with Gasteiger partial charge in [-0.1, -0.05) is 30.3 Å². The highest BCUT2D eigenvalue weighted by Gasteiger charge is 2.42. The van der Waals surface area contributed by atoms with Gasteiger partial charge in [0.1, 0.15) is 17.8 Å². The second kappa shape index (κ2) is 12.7. The maximum absolute atomic E-state index is 14.2. The molecule has 2 aliphatic rings. The Morgan fingerprint density at radius 1 is 1.04 bits per heavy atom. The normalized spacial score (nSPS) is 19.5. The lowest BCUT2D eigenvalue weighted by Crippen LogP contribution is -2.53. The molecule has 3 N–H and O–H groups in total. The number of hydrogen-bond donors (Lipinski definition) is 2. The van der Waals surface area contributed by atoms with Gasteiger partial charge >= 0.3 is 0 Å². The van der Waals surface area contributed by atoms with Crippen LogP contribution in [0.3, 0.4) is 0 Å². The number of nitrogens with two attached hydrogens (primary N) is 1. The van der Waals surface area contributed by atoms with Crippen LogP contribution in [0.1, 0.15) is 46.0 Å². The zero-order chi connectivity index (χ0) is 33.6. The monoisotopic (exact) mass is 665 g/mol. The highest BCUT2D eigenvalue weighted by atomic mass is 32.1. The molecule has 2 fully saturated rings.